The second kappa shape index (κ2) is 7.21. The number of alkyl halides is 7. The minimum atomic E-state index is -6.57. The van der Waals surface area contributed by atoms with Crippen LogP contribution in [0.3, 0.4) is 0 Å². The molecule has 2 rings (SSSR count). The first kappa shape index (κ1) is 20.7. The van der Waals surface area contributed by atoms with E-state index in [4.69, 9.17) is 4.74 Å². The van der Waals surface area contributed by atoms with E-state index in [2.05, 4.69) is 0 Å². The molecular formula is C18H13F7O2. The van der Waals surface area contributed by atoms with Crippen molar-refractivity contribution in [2.45, 2.75) is 31.6 Å². The van der Waals surface area contributed by atoms with Crippen molar-refractivity contribution in [3.8, 4) is 5.75 Å². The number of hydrogen-bond donors (Lipinski definition) is 0. The van der Waals surface area contributed by atoms with Gasteiger partial charge in [-0.3, -0.25) is 4.79 Å². The van der Waals surface area contributed by atoms with E-state index in [1.165, 1.54) is 0 Å². The van der Waals surface area contributed by atoms with E-state index in [0.717, 1.165) is 30.7 Å². The Morgan fingerprint density at radius 2 is 1.52 bits per heavy atom. The van der Waals surface area contributed by atoms with Gasteiger partial charge in [0.25, 0.3) is 0 Å². The van der Waals surface area contributed by atoms with E-state index >= 15 is 0 Å². The lowest BCUT2D eigenvalue weighted by Gasteiger charge is -2.27. The second-order valence-electron chi connectivity index (χ2n) is 5.73. The predicted octanol–water partition coefficient (Wildman–Crippen LogP) is 5.59. The van der Waals surface area contributed by atoms with Crippen LogP contribution in [-0.4, -0.2) is 23.8 Å². The minimum absolute atomic E-state index is 0.107. The van der Waals surface area contributed by atoms with Crippen LogP contribution >= 0.6 is 0 Å². The second-order valence-corrected chi connectivity index (χ2v) is 5.73. The fraction of sp³-hybridized carbons (Fsp3) is 0.278. The molecule has 2 aromatic rings. The van der Waals surface area contributed by atoms with Crippen molar-refractivity contribution in [2.24, 2.45) is 0 Å². The Hall–Kier alpha value is -2.58. The number of carbonyl (C=O) groups excluding carboxylic acids is 1. The molecule has 0 spiro atoms. The highest BCUT2D eigenvalue weighted by Gasteiger charge is 2.76. The van der Waals surface area contributed by atoms with Crippen LogP contribution in [-0.2, 0) is 6.61 Å². The van der Waals surface area contributed by atoms with Crippen LogP contribution in [0.5, 0.6) is 5.75 Å². The molecule has 0 amide bonds. The van der Waals surface area contributed by atoms with Crippen LogP contribution < -0.4 is 4.74 Å². The summed E-state index contributed by atoms with van der Waals surface area (Å²) in [6.45, 7) is 1.24. The molecule has 0 atom stereocenters. The molecule has 2 nitrogen and oxygen atoms in total. The van der Waals surface area contributed by atoms with Gasteiger partial charge in [-0.25, -0.2) is 0 Å². The quantitative estimate of drug-likeness (QED) is 0.472. The Labute approximate surface area is 149 Å². The molecule has 0 N–H and O–H groups in total. The number of Topliss-reactive ketones (excluding diaryl/α,β-unsaturated/α-hetero) is 1. The highest BCUT2D eigenvalue weighted by molar-refractivity contribution is 6.03. The number of halogens is 7. The number of rotatable bonds is 6. The molecule has 0 aliphatic carbocycles. The van der Waals surface area contributed by atoms with Gasteiger partial charge in [0, 0.05) is 5.56 Å². The average molecular weight is 394 g/mol. The van der Waals surface area contributed by atoms with Gasteiger partial charge in [-0.05, 0) is 36.2 Å². The zero-order valence-electron chi connectivity index (χ0n) is 13.8. The summed E-state index contributed by atoms with van der Waals surface area (Å²) in [5.74, 6) is -14.9. The molecule has 0 radical (unpaired) electrons. The van der Waals surface area contributed by atoms with E-state index in [1.807, 2.05) is 0 Å². The third kappa shape index (κ3) is 4.06. The normalized spacial score (nSPS) is 12.7. The maximum atomic E-state index is 13.6. The third-order valence-corrected chi connectivity index (χ3v) is 3.73. The molecule has 146 valence electrons. The Kier molecular flexibility index (Phi) is 5.53. The molecule has 0 aromatic heterocycles. The highest BCUT2D eigenvalue weighted by atomic mass is 19.4. The molecular weight excluding hydrogens is 381 g/mol. The van der Waals surface area contributed by atoms with Gasteiger partial charge in [0.05, 0.1) is 0 Å². The van der Waals surface area contributed by atoms with E-state index in [9.17, 15) is 35.5 Å². The van der Waals surface area contributed by atoms with Crippen molar-refractivity contribution in [3.05, 3.63) is 65.2 Å². The van der Waals surface area contributed by atoms with Crippen molar-refractivity contribution < 1.29 is 40.3 Å². The monoisotopic (exact) mass is 394 g/mol. The van der Waals surface area contributed by atoms with E-state index in [-0.39, 0.29) is 17.9 Å². The summed E-state index contributed by atoms with van der Waals surface area (Å²) in [7, 11) is 0. The molecule has 27 heavy (non-hydrogen) atoms. The molecule has 0 heterocycles. The number of ether oxygens (including phenoxy) is 1. The van der Waals surface area contributed by atoms with Gasteiger partial charge in [0.1, 0.15) is 12.4 Å². The van der Waals surface area contributed by atoms with Gasteiger partial charge in [0.15, 0.2) is 0 Å². The summed E-state index contributed by atoms with van der Waals surface area (Å²) in [6, 6.07) is 11.7. The summed E-state index contributed by atoms with van der Waals surface area (Å²) < 4.78 is 95.3. The van der Waals surface area contributed by atoms with E-state index in [0.29, 0.717) is 0 Å². The zero-order chi connectivity index (χ0) is 20.5. The van der Waals surface area contributed by atoms with Crippen LogP contribution in [0.1, 0.15) is 21.5 Å². The number of benzene rings is 2. The van der Waals surface area contributed by atoms with Crippen molar-refractivity contribution in [3.63, 3.8) is 0 Å². The van der Waals surface area contributed by atoms with Crippen molar-refractivity contribution >= 4 is 5.78 Å². The number of ketones is 1. The fourth-order valence-electron chi connectivity index (χ4n) is 2.21. The molecule has 0 saturated heterocycles. The van der Waals surface area contributed by atoms with Crippen molar-refractivity contribution in [1.82, 2.24) is 0 Å². The molecule has 0 unspecified atom stereocenters. The maximum absolute atomic E-state index is 13.6. The predicted molar refractivity (Wildman–Crippen MR) is 82.2 cm³/mol. The number of hydrogen-bond acceptors (Lipinski definition) is 2. The highest BCUT2D eigenvalue weighted by Crippen LogP contribution is 2.48. The Morgan fingerprint density at radius 3 is 2.04 bits per heavy atom. The molecule has 9 heteroatoms. The summed E-state index contributed by atoms with van der Waals surface area (Å²) in [5.41, 5.74) is -0.383. The van der Waals surface area contributed by atoms with Crippen LogP contribution in [0.15, 0.2) is 48.5 Å². The molecule has 0 bridgehead atoms. The molecule has 0 aliphatic heterocycles. The first-order chi connectivity index (χ1) is 12.4. The van der Waals surface area contributed by atoms with Gasteiger partial charge in [-0.2, -0.15) is 30.7 Å². The summed E-state index contributed by atoms with van der Waals surface area (Å²) in [6.07, 6.45) is -6.57. The zero-order valence-corrected chi connectivity index (χ0v) is 13.8. The van der Waals surface area contributed by atoms with Gasteiger partial charge >= 0.3 is 18.0 Å². The topological polar surface area (TPSA) is 26.3 Å². The Bertz CT molecular complexity index is 814. The van der Waals surface area contributed by atoms with Crippen LogP contribution in [0, 0.1) is 6.92 Å². The Balaban J connectivity index is 2.23. The van der Waals surface area contributed by atoms with Crippen LogP contribution in [0.25, 0.3) is 0 Å². The maximum Gasteiger partial charge on any atom is 0.460 e. The van der Waals surface area contributed by atoms with Gasteiger partial charge in [0.2, 0.25) is 5.78 Å². The van der Waals surface area contributed by atoms with Crippen molar-refractivity contribution in [1.29, 1.82) is 0 Å². The minimum Gasteiger partial charge on any atom is -0.489 e. The van der Waals surface area contributed by atoms with E-state index in [1.54, 1.807) is 30.3 Å². The van der Waals surface area contributed by atoms with Gasteiger partial charge < -0.3 is 4.74 Å². The SMILES string of the molecule is Cc1cc(OCc2ccccc2)ccc1C(=O)C(F)(F)C(F)(F)C(F)(F)F. The first-order valence-corrected chi connectivity index (χ1v) is 7.52. The number of carbonyl (C=O) groups is 1. The largest absolute Gasteiger partial charge is 0.489 e. The lowest BCUT2D eigenvalue weighted by Crippen LogP contribution is -2.56. The lowest BCUT2D eigenvalue weighted by atomic mass is 9.96. The lowest BCUT2D eigenvalue weighted by molar-refractivity contribution is -0.339. The van der Waals surface area contributed by atoms with Crippen LogP contribution in [0.4, 0.5) is 30.7 Å². The smallest absolute Gasteiger partial charge is 0.460 e. The third-order valence-electron chi connectivity index (χ3n) is 3.73. The summed E-state index contributed by atoms with van der Waals surface area (Å²) >= 11 is 0. The Morgan fingerprint density at radius 1 is 0.926 bits per heavy atom. The number of aryl methyl sites for hydroxylation is 1. The molecule has 0 fully saturated rings. The fourth-order valence-corrected chi connectivity index (χ4v) is 2.21. The molecule has 0 saturated carbocycles. The molecule has 0 aliphatic rings. The van der Waals surface area contributed by atoms with Crippen molar-refractivity contribution in [2.75, 3.05) is 0 Å². The van der Waals surface area contributed by atoms with Gasteiger partial charge in [-0.1, -0.05) is 30.3 Å². The van der Waals surface area contributed by atoms with E-state index < -0.39 is 29.4 Å². The molecule has 2 aromatic carbocycles. The average Bonchev–Trinajstić information content (AvgIpc) is 2.59. The standard InChI is InChI=1S/C18H13F7O2/c1-11-9-13(27-10-12-5-3-2-4-6-12)7-8-14(11)15(26)16(19,20)17(21,22)18(23,24)25/h2-9H,10H2,1H3. The van der Waals surface area contributed by atoms with Gasteiger partial charge in [-0.15, -0.1) is 0 Å². The summed E-state index contributed by atoms with van der Waals surface area (Å²) in [4.78, 5) is 11.7. The summed E-state index contributed by atoms with van der Waals surface area (Å²) in [5, 5.41) is 0. The van der Waals surface area contributed by atoms with Crippen LogP contribution in [0.2, 0.25) is 0 Å². The first-order valence-electron chi connectivity index (χ1n) is 7.52.